The second-order valence-corrected chi connectivity index (χ2v) is 7.27. The van der Waals surface area contributed by atoms with E-state index in [-0.39, 0.29) is 11.3 Å². The van der Waals surface area contributed by atoms with Gasteiger partial charge in [0.15, 0.2) is 0 Å². The fourth-order valence-electron chi connectivity index (χ4n) is 3.31. The van der Waals surface area contributed by atoms with Crippen LogP contribution in [0.2, 0.25) is 0 Å². The first-order chi connectivity index (χ1) is 15.9. The largest absolute Gasteiger partial charge is 0.456 e. The van der Waals surface area contributed by atoms with Crippen LogP contribution in [0.25, 0.3) is 6.08 Å². The lowest BCUT2D eigenvalue weighted by molar-refractivity contribution is 0.0951. The zero-order valence-electron chi connectivity index (χ0n) is 18.1. The van der Waals surface area contributed by atoms with Gasteiger partial charge in [0, 0.05) is 17.8 Å². The van der Waals surface area contributed by atoms with Crippen molar-refractivity contribution in [2.24, 2.45) is 5.84 Å². The molecule has 0 bridgehead atoms. The number of nitriles is 2. The summed E-state index contributed by atoms with van der Waals surface area (Å²) in [4.78, 5) is 12.4. The highest BCUT2D eigenvalue weighted by Gasteiger charge is 2.18. The van der Waals surface area contributed by atoms with Gasteiger partial charge in [-0.2, -0.15) is 10.5 Å². The van der Waals surface area contributed by atoms with Crippen molar-refractivity contribution in [2.75, 3.05) is 11.1 Å². The average molecular weight is 438 g/mol. The van der Waals surface area contributed by atoms with E-state index >= 15 is 0 Å². The van der Waals surface area contributed by atoms with Crippen LogP contribution in [0.5, 0.6) is 11.5 Å². The van der Waals surface area contributed by atoms with Crippen molar-refractivity contribution < 1.29 is 9.53 Å². The minimum Gasteiger partial charge on any atom is -0.456 e. The Morgan fingerprint density at radius 3 is 2.30 bits per heavy atom. The normalized spacial score (nSPS) is 10.3. The maximum atomic E-state index is 12.4. The van der Waals surface area contributed by atoms with Gasteiger partial charge in [0.1, 0.15) is 11.5 Å². The Labute approximate surface area is 191 Å². The van der Waals surface area contributed by atoms with Gasteiger partial charge in [-0.3, -0.25) is 10.2 Å². The lowest BCUT2D eigenvalue weighted by atomic mass is 10.0. The molecule has 3 aromatic rings. The summed E-state index contributed by atoms with van der Waals surface area (Å²) in [5.74, 6) is 5.64. The van der Waals surface area contributed by atoms with Gasteiger partial charge in [-0.1, -0.05) is 0 Å². The number of hydrazine groups is 1. The molecule has 8 nitrogen and oxygen atoms in total. The molecule has 3 aromatic carbocycles. The Morgan fingerprint density at radius 2 is 1.73 bits per heavy atom. The molecule has 0 radical (unpaired) electrons. The number of nitrogens with zero attached hydrogens (tertiary/aromatic N) is 2. The van der Waals surface area contributed by atoms with Gasteiger partial charge in [-0.15, -0.1) is 0 Å². The van der Waals surface area contributed by atoms with Gasteiger partial charge in [-0.25, -0.2) is 5.84 Å². The predicted octanol–water partition coefficient (Wildman–Crippen LogP) is 4.43. The first-order valence-corrected chi connectivity index (χ1v) is 9.93. The summed E-state index contributed by atoms with van der Waals surface area (Å²) in [6.07, 6.45) is 3.11. The molecule has 164 valence electrons. The number of nitrogens with two attached hydrogens (primary N) is 2. The summed E-state index contributed by atoms with van der Waals surface area (Å²) in [7, 11) is 0. The van der Waals surface area contributed by atoms with E-state index in [4.69, 9.17) is 26.8 Å². The summed E-state index contributed by atoms with van der Waals surface area (Å²) in [5.41, 5.74) is 13.1. The van der Waals surface area contributed by atoms with Crippen LogP contribution in [0, 0.1) is 36.5 Å². The van der Waals surface area contributed by atoms with Gasteiger partial charge < -0.3 is 15.8 Å². The summed E-state index contributed by atoms with van der Waals surface area (Å²) in [6, 6.07) is 17.8. The average Bonchev–Trinajstić information content (AvgIpc) is 2.81. The van der Waals surface area contributed by atoms with Gasteiger partial charge in [0.2, 0.25) is 0 Å². The number of rotatable bonds is 6. The third-order valence-electron chi connectivity index (χ3n) is 4.87. The molecule has 0 fully saturated rings. The third kappa shape index (κ3) is 5.28. The molecule has 0 heterocycles. The highest BCUT2D eigenvalue weighted by molar-refractivity contribution is 5.99. The van der Waals surface area contributed by atoms with Gasteiger partial charge in [0.05, 0.1) is 34.6 Å². The summed E-state index contributed by atoms with van der Waals surface area (Å²) in [6.45, 7) is 3.75. The first kappa shape index (κ1) is 22.9. The quantitative estimate of drug-likeness (QED) is 0.146. The molecule has 0 aliphatic rings. The number of aryl methyl sites for hydroxylation is 2. The zero-order chi connectivity index (χ0) is 24.0. The zero-order valence-corrected chi connectivity index (χ0v) is 18.1. The fourth-order valence-corrected chi connectivity index (χ4v) is 3.31. The van der Waals surface area contributed by atoms with E-state index < -0.39 is 5.91 Å². The van der Waals surface area contributed by atoms with E-state index in [0.29, 0.717) is 28.4 Å². The summed E-state index contributed by atoms with van der Waals surface area (Å²) in [5, 5.41) is 20.9. The number of hydrogen-bond donors (Lipinski definition) is 4. The number of nitrogen functional groups attached to an aromatic ring is 2. The monoisotopic (exact) mass is 438 g/mol. The Balaban J connectivity index is 2.03. The van der Waals surface area contributed by atoms with Gasteiger partial charge in [-0.05, 0) is 79.1 Å². The number of benzene rings is 3. The summed E-state index contributed by atoms with van der Waals surface area (Å²) < 4.78 is 6.18. The molecule has 0 atom stereocenters. The van der Waals surface area contributed by atoms with Crippen LogP contribution >= 0.6 is 0 Å². The van der Waals surface area contributed by atoms with Crippen molar-refractivity contribution >= 4 is 29.0 Å². The van der Waals surface area contributed by atoms with Crippen LogP contribution in [0.3, 0.4) is 0 Å². The minimum atomic E-state index is -0.550. The van der Waals surface area contributed by atoms with Gasteiger partial charge in [0.25, 0.3) is 5.91 Å². The SMILES string of the molecule is Cc1cc(/C=C/C#N)cc(C)c1Oc1cc(Nc2ccc(C#N)cc2)c(N)cc1C(=O)NN. The molecule has 0 unspecified atom stereocenters. The second kappa shape index (κ2) is 10.0. The Hall–Kier alpha value is -4.79. The van der Waals surface area contributed by atoms with Crippen LogP contribution in [0.15, 0.2) is 54.6 Å². The second-order valence-electron chi connectivity index (χ2n) is 7.27. The molecule has 6 N–H and O–H groups in total. The maximum absolute atomic E-state index is 12.4. The third-order valence-corrected chi connectivity index (χ3v) is 4.87. The maximum Gasteiger partial charge on any atom is 0.269 e. The Morgan fingerprint density at radius 1 is 1.06 bits per heavy atom. The predicted molar refractivity (Wildman–Crippen MR) is 128 cm³/mol. The molecule has 8 heteroatoms. The van der Waals surface area contributed by atoms with Crippen molar-refractivity contribution in [2.45, 2.75) is 13.8 Å². The van der Waals surface area contributed by atoms with Crippen LogP contribution < -0.4 is 27.1 Å². The molecule has 0 aromatic heterocycles. The van der Waals surface area contributed by atoms with E-state index in [1.165, 1.54) is 12.1 Å². The standard InChI is InChI=1S/C25H22N6O2/c1-15-10-18(4-3-9-26)11-16(2)24(15)33-23-13-22(21(28)12-20(23)25(32)31-29)30-19-7-5-17(14-27)6-8-19/h3-8,10-13,30H,28-29H2,1-2H3,(H,31,32)/b4-3+. The van der Waals surface area contributed by atoms with Crippen molar-refractivity contribution in [3.05, 3.63) is 82.4 Å². The van der Waals surface area contributed by atoms with Crippen LogP contribution in [-0.4, -0.2) is 5.91 Å². The Bertz CT molecular complexity index is 1290. The van der Waals surface area contributed by atoms with E-state index in [1.54, 1.807) is 36.4 Å². The molecule has 0 saturated heterocycles. The van der Waals surface area contributed by atoms with Gasteiger partial charge >= 0.3 is 0 Å². The number of anilines is 3. The topological polar surface area (TPSA) is 150 Å². The number of hydrogen-bond acceptors (Lipinski definition) is 7. The van der Waals surface area contributed by atoms with E-state index in [9.17, 15) is 4.79 Å². The highest BCUT2D eigenvalue weighted by atomic mass is 16.5. The summed E-state index contributed by atoms with van der Waals surface area (Å²) >= 11 is 0. The molecular weight excluding hydrogens is 416 g/mol. The number of nitrogens with one attached hydrogen (secondary N) is 2. The molecule has 33 heavy (non-hydrogen) atoms. The van der Waals surface area contributed by atoms with E-state index in [0.717, 1.165) is 16.7 Å². The molecule has 0 aliphatic carbocycles. The Kier molecular flexibility index (Phi) is 6.94. The van der Waals surface area contributed by atoms with E-state index in [1.807, 2.05) is 32.0 Å². The van der Waals surface area contributed by atoms with E-state index in [2.05, 4.69) is 16.8 Å². The molecule has 3 rings (SSSR count). The van der Waals surface area contributed by atoms with Crippen molar-refractivity contribution in [3.63, 3.8) is 0 Å². The lowest BCUT2D eigenvalue weighted by Crippen LogP contribution is -2.30. The minimum absolute atomic E-state index is 0.174. The number of ether oxygens (including phenoxy) is 1. The number of carbonyl (C=O) groups is 1. The highest BCUT2D eigenvalue weighted by Crippen LogP contribution is 2.37. The number of allylic oxidation sites excluding steroid dienone is 1. The van der Waals surface area contributed by atoms with Crippen molar-refractivity contribution in [1.29, 1.82) is 10.5 Å². The molecule has 0 spiro atoms. The van der Waals surface area contributed by atoms with Crippen LogP contribution in [0.1, 0.15) is 32.6 Å². The lowest BCUT2D eigenvalue weighted by Gasteiger charge is -2.18. The van der Waals surface area contributed by atoms with Crippen LogP contribution in [0.4, 0.5) is 17.1 Å². The van der Waals surface area contributed by atoms with Crippen molar-refractivity contribution in [3.8, 4) is 23.6 Å². The van der Waals surface area contributed by atoms with Crippen molar-refractivity contribution in [1.82, 2.24) is 5.43 Å². The molecule has 1 amide bonds. The fraction of sp³-hybridized carbons (Fsp3) is 0.0800. The number of carbonyl (C=O) groups excluding carboxylic acids is 1. The first-order valence-electron chi connectivity index (χ1n) is 9.93. The van der Waals surface area contributed by atoms with Crippen LogP contribution in [-0.2, 0) is 0 Å². The molecular formula is C25H22N6O2. The molecule has 0 saturated carbocycles. The smallest absolute Gasteiger partial charge is 0.269 e. The number of amides is 1. The molecule has 0 aliphatic heterocycles.